The van der Waals surface area contributed by atoms with Gasteiger partial charge in [0.1, 0.15) is 11.6 Å². The van der Waals surface area contributed by atoms with E-state index in [1.165, 1.54) is 6.07 Å². The van der Waals surface area contributed by atoms with Crippen molar-refractivity contribution in [2.75, 3.05) is 7.11 Å². The Balaban J connectivity index is 2.05. The molecular weight excluding hydrogens is 219 g/mol. The van der Waals surface area contributed by atoms with Crippen LogP contribution in [-0.4, -0.2) is 19.3 Å². The number of methoxy groups -OCH3 is 1. The molecule has 0 aromatic heterocycles. The normalized spacial score (nSPS) is 24.5. The van der Waals surface area contributed by atoms with Crippen molar-refractivity contribution in [2.45, 2.75) is 38.9 Å². The largest absolute Gasteiger partial charge is 0.496 e. The second kappa shape index (κ2) is 5.05. The van der Waals surface area contributed by atoms with Gasteiger partial charge in [0.15, 0.2) is 0 Å². The molecule has 94 valence electrons. The summed E-state index contributed by atoms with van der Waals surface area (Å²) < 4.78 is 24.0. The molecule has 0 spiro atoms. The van der Waals surface area contributed by atoms with E-state index in [2.05, 4.69) is 13.8 Å². The minimum absolute atomic E-state index is 0.211. The van der Waals surface area contributed by atoms with Gasteiger partial charge in [-0.25, -0.2) is 4.39 Å². The summed E-state index contributed by atoms with van der Waals surface area (Å²) in [5, 5.41) is 0. The third kappa shape index (κ3) is 2.78. The Kier molecular flexibility index (Phi) is 3.67. The lowest BCUT2D eigenvalue weighted by atomic mass is 9.95. The van der Waals surface area contributed by atoms with E-state index in [1.807, 2.05) is 0 Å². The van der Waals surface area contributed by atoms with Crippen LogP contribution in [0.2, 0.25) is 0 Å². The van der Waals surface area contributed by atoms with Gasteiger partial charge < -0.3 is 9.47 Å². The number of epoxide rings is 1. The average Bonchev–Trinajstić information content (AvgIpc) is 3.08. The summed E-state index contributed by atoms with van der Waals surface area (Å²) in [6.07, 6.45) is 2.56. The van der Waals surface area contributed by atoms with E-state index in [4.69, 9.17) is 9.47 Å². The molecule has 2 nitrogen and oxygen atoms in total. The maximum absolute atomic E-state index is 13.2. The van der Waals surface area contributed by atoms with E-state index in [1.54, 1.807) is 19.2 Å². The van der Waals surface area contributed by atoms with Gasteiger partial charge in [0, 0.05) is 0 Å². The zero-order valence-corrected chi connectivity index (χ0v) is 10.6. The molecule has 0 bridgehead atoms. The molecule has 1 aliphatic heterocycles. The van der Waals surface area contributed by atoms with E-state index in [0.29, 0.717) is 18.1 Å². The summed E-state index contributed by atoms with van der Waals surface area (Å²) in [7, 11) is 1.61. The van der Waals surface area contributed by atoms with Crippen molar-refractivity contribution in [3.8, 4) is 5.75 Å². The SMILES string of the molecule is CCC1OC1C(C)Cc1cc(F)ccc1OC. The molecule has 1 aromatic carbocycles. The molecule has 2 rings (SSSR count). The van der Waals surface area contributed by atoms with Gasteiger partial charge in [0.05, 0.1) is 19.3 Å². The molecule has 17 heavy (non-hydrogen) atoms. The number of halogens is 1. The van der Waals surface area contributed by atoms with Crippen LogP contribution < -0.4 is 4.74 Å². The van der Waals surface area contributed by atoms with E-state index in [0.717, 1.165) is 24.2 Å². The molecule has 0 saturated carbocycles. The number of rotatable bonds is 5. The van der Waals surface area contributed by atoms with E-state index in [-0.39, 0.29) is 5.82 Å². The van der Waals surface area contributed by atoms with Gasteiger partial charge >= 0.3 is 0 Å². The Bertz CT molecular complexity index is 392. The predicted molar refractivity (Wildman–Crippen MR) is 64.8 cm³/mol. The smallest absolute Gasteiger partial charge is 0.123 e. The lowest BCUT2D eigenvalue weighted by molar-refractivity contribution is 0.320. The zero-order valence-electron chi connectivity index (χ0n) is 10.6. The van der Waals surface area contributed by atoms with Crippen molar-refractivity contribution in [1.82, 2.24) is 0 Å². The summed E-state index contributed by atoms with van der Waals surface area (Å²) in [6, 6.07) is 4.66. The lowest BCUT2D eigenvalue weighted by Gasteiger charge is -2.12. The van der Waals surface area contributed by atoms with E-state index in [9.17, 15) is 4.39 Å². The van der Waals surface area contributed by atoms with Gasteiger partial charge in [-0.3, -0.25) is 0 Å². The van der Waals surface area contributed by atoms with Gasteiger partial charge in [-0.2, -0.15) is 0 Å². The Morgan fingerprint density at radius 1 is 1.47 bits per heavy atom. The highest BCUT2D eigenvalue weighted by molar-refractivity contribution is 5.34. The number of benzene rings is 1. The minimum atomic E-state index is -0.211. The number of ether oxygens (including phenoxy) is 2. The van der Waals surface area contributed by atoms with Crippen molar-refractivity contribution < 1.29 is 13.9 Å². The maximum Gasteiger partial charge on any atom is 0.123 e. The van der Waals surface area contributed by atoms with Crippen LogP contribution in [0.1, 0.15) is 25.8 Å². The van der Waals surface area contributed by atoms with Gasteiger partial charge in [-0.1, -0.05) is 13.8 Å². The summed E-state index contributed by atoms with van der Waals surface area (Å²) in [6.45, 7) is 4.27. The van der Waals surface area contributed by atoms with Gasteiger partial charge in [0.25, 0.3) is 0 Å². The van der Waals surface area contributed by atoms with Crippen LogP contribution in [0.5, 0.6) is 5.75 Å². The zero-order chi connectivity index (χ0) is 12.4. The molecule has 1 aromatic rings. The van der Waals surface area contributed by atoms with Crippen molar-refractivity contribution in [3.63, 3.8) is 0 Å². The van der Waals surface area contributed by atoms with Gasteiger partial charge in [0.2, 0.25) is 0 Å². The molecule has 1 aliphatic rings. The standard InChI is InChI=1S/C14H19FO2/c1-4-12-14(17-12)9(2)7-10-8-11(15)5-6-13(10)16-3/h5-6,8-9,12,14H,4,7H2,1-3H3. The van der Waals surface area contributed by atoms with Crippen molar-refractivity contribution in [2.24, 2.45) is 5.92 Å². The van der Waals surface area contributed by atoms with Crippen molar-refractivity contribution in [3.05, 3.63) is 29.6 Å². The minimum Gasteiger partial charge on any atom is -0.496 e. The van der Waals surface area contributed by atoms with Crippen LogP contribution in [-0.2, 0) is 11.2 Å². The molecule has 3 atom stereocenters. The molecule has 3 heteroatoms. The average molecular weight is 238 g/mol. The molecule has 0 N–H and O–H groups in total. The van der Waals surface area contributed by atoms with Crippen LogP contribution in [0, 0.1) is 11.7 Å². The lowest BCUT2D eigenvalue weighted by Crippen LogP contribution is -2.10. The molecule has 0 aliphatic carbocycles. The van der Waals surface area contributed by atoms with E-state index < -0.39 is 0 Å². The highest BCUT2D eigenvalue weighted by Crippen LogP contribution is 2.35. The fourth-order valence-electron chi connectivity index (χ4n) is 2.36. The Labute approximate surface area is 102 Å². The monoisotopic (exact) mass is 238 g/mol. The molecule has 0 radical (unpaired) electrons. The van der Waals surface area contributed by atoms with Gasteiger partial charge in [-0.15, -0.1) is 0 Å². The fraction of sp³-hybridized carbons (Fsp3) is 0.571. The third-order valence-electron chi connectivity index (χ3n) is 3.37. The second-order valence-electron chi connectivity index (χ2n) is 4.68. The third-order valence-corrected chi connectivity index (χ3v) is 3.37. The summed E-state index contributed by atoms with van der Waals surface area (Å²) >= 11 is 0. The molecule has 1 heterocycles. The highest BCUT2D eigenvalue weighted by atomic mass is 19.1. The molecule has 0 amide bonds. The first kappa shape index (κ1) is 12.4. The Hall–Kier alpha value is -1.09. The van der Waals surface area contributed by atoms with Crippen molar-refractivity contribution >= 4 is 0 Å². The molecule has 3 unspecified atom stereocenters. The maximum atomic E-state index is 13.2. The van der Waals surface area contributed by atoms with Crippen LogP contribution in [0.25, 0.3) is 0 Å². The second-order valence-corrected chi connectivity index (χ2v) is 4.68. The summed E-state index contributed by atoms with van der Waals surface area (Å²) in [5.41, 5.74) is 0.922. The number of hydrogen-bond acceptors (Lipinski definition) is 2. The summed E-state index contributed by atoms with van der Waals surface area (Å²) in [4.78, 5) is 0. The number of hydrogen-bond donors (Lipinski definition) is 0. The summed E-state index contributed by atoms with van der Waals surface area (Å²) in [5.74, 6) is 0.944. The van der Waals surface area contributed by atoms with Crippen LogP contribution in [0.15, 0.2) is 18.2 Å². The van der Waals surface area contributed by atoms with Crippen LogP contribution in [0.4, 0.5) is 4.39 Å². The van der Waals surface area contributed by atoms with E-state index >= 15 is 0 Å². The first-order valence-electron chi connectivity index (χ1n) is 6.13. The molecule has 1 fully saturated rings. The topological polar surface area (TPSA) is 21.8 Å². The van der Waals surface area contributed by atoms with Crippen molar-refractivity contribution in [1.29, 1.82) is 0 Å². The Morgan fingerprint density at radius 3 is 2.82 bits per heavy atom. The highest BCUT2D eigenvalue weighted by Gasteiger charge is 2.41. The fourth-order valence-corrected chi connectivity index (χ4v) is 2.36. The first-order chi connectivity index (χ1) is 8.15. The molecule has 1 saturated heterocycles. The predicted octanol–water partition coefficient (Wildman–Crippen LogP) is 3.19. The quantitative estimate of drug-likeness (QED) is 0.735. The van der Waals surface area contributed by atoms with Gasteiger partial charge in [-0.05, 0) is 42.5 Å². The molecular formula is C14H19FO2. The van der Waals surface area contributed by atoms with Crippen LogP contribution >= 0.6 is 0 Å². The van der Waals surface area contributed by atoms with Crippen LogP contribution in [0.3, 0.4) is 0 Å². The first-order valence-corrected chi connectivity index (χ1v) is 6.13. The Morgan fingerprint density at radius 2 is 2.24 bits per heavy atom.